The zero-order valence-corrected chi connectivity index (χ0v) is 49.4. The van der Waals surface area contributed by atoms with Crippen molar-refractivity contribution in [2.75, 3.05) is 23.8 Å². The van der Waals surface area contributed by atoms with E-state index in [2.05, 4.69) is 62.1 Å². The number of esters is 1. The minimum Gasteiger partial charge on any atom is -0.494 e. The van der Waals surface area contributed by atoms with Gasteiger partial charge in [0.15, 0.2) is 10.3 Å². The lowest BCUT2D eigenvalue weighted by atomic mass is 10.1. The summed E-state index contributed by atoms with van der Waals surface area (Å²) in [7, 11) is 8.22. The molecule has 12 N–H and O–H groups in total. The number of aromatic amines is 1. The molecule has 6 aromatic heterocycles. The van der Waals surface area contributed by atoms with Crippen LogP contribution < -0.4 is 34.2 Å². The van der Waals surface area contributed by atoms with Crippen molar-refractivity contribution in [3.8, 4) is 24.1 Å². The molecule has 6 aromatic rings. The Bertz CT molecular complexity index is 3010. The van der Waals surface area contributed by atoms with E-state index in [1.54, 1.807) is 70.6 Å². The number of carbonyl (C=O) groups is 4. The molecule has 0 spiro atoms. The fourth-order valence-electron chi connectivity index (χ4n) is 4.54. The van der Waals surface area contributed by atoms with Gasteiger partial charge < -0.3 is 38.5 Å². The number of nitriles is 3. The number of hydrogen-bond acceptors (Lipinski definition) is 18. The number of pyridine rings is 6. The average Bonchev–Trinajstić information content (AvgIpc) is 3.32. The molecule has 6 heterocycles. The number of rotatable bonds is 5. The van der Waals surface area contributed by atoms with Crippen molar-refractivity contribution >= 4 is 144 Å². The molecule has 0 saturated carbocycles. The molecule has 0 aliphatic rings. The van der Waals surface area contributed by atoms with E-state index in [9.17, 15) is 24.0 Å². The number of nitrogen functional groups attached to an aromatic ring is 3. The zero-order chi connectivity index (χ0) is 61.0. The Labute approximate surface area is 494 Å². The number of amides is 2. The predicted molar refractivity (Wildman–Crippen MR) is 308 cm³/mol. The van der Waals surface area contributed by atoms with E-state index in [4.69, 9.17) is 125 Å². The number of H-pyrrole nitrogens is 1. The first-order valence-electron chi connectivity index (χ1n) is 21.1. The van der Waals surface area contributed by atoms with Crippen LogP contribution in [-0.2, 0) is 19.1 Å². The lowest BCUT2D eigenvalue weighted by molar-refractivity contribution is -0.145. The van der Waals surface area contributed by atoms with Crippen LogP contribution in [0.1, 0.15) is 81.6 Å². The topological polar surface area (TPSA) is 397 Å². The molecule has 0 saturated heterocycles. The van der Waals surface area contributed by atoms with Gasteiger partial charge >= 0.3 is 5.97 Å². The van der Waals surface area contributed by atoms with Gasteiger partial charge in [-0.3, -0.25) is 33.9 Å². The number of anilines is 3. The third kappa shape index (κ3) is 32.0. The Morgan fingerprint density at radius 1 is 0.667 bits per heavy atom. The van der Waals surface area contributed by atoms with Gasteiger partial charge in [-0.2, -0.15) is 15.8 Å². The van der Waals surface area contributed by atoms with Gasteiger partial charge in [-0.1, -0.05) is 81.2 Å². The summed E-state index contributed by atoms with van der Waals surface area (Å²) in [6.45, 7) is 14.1. The first-order valence-corrected chi connectivity index (χ1v) is 24.9. The molecule has 0 bridgehead atoms. The number of hydrogen-bond donors (Lipinski definition) is 7. The molecule has 0 aliphatic heterocycles. The summed E-state index contributed by atoms with van der Waals surface area (Å²) in [5, 5.41) is 35.5. The van der Waals surface area contributed by atoms with E-state index in [1.807, 2.05) is 39.0 Å². The van der Waals surface area contributed by atoms with Crippen LogP contribution in [0.3, 0.4) is 0 Å². The number of ketones is 1. The van der Waals surface area contributed by atoms with Gasteiger partial charge in [-0.05, 0) is 119 Å². The number of Topliss-reactive ketones (excluding diaryl/α,β-unsaturated/α-hetero) is 1. The third-order valence-electron chi connectivity index (χ3n) is 8.35. The van der Waals surface area contributed by atoms with Gasteiger partial charge in [-0.25, -0.2) is 19.9 Å². The Hall–Kier alpha value is -6.94. The van der Waals surface area contributed by atoms with Gasteiger partial charge in [0.25, 0.3) is 11.5 Å². The predicted octanol–water partition coefficient (Wildman–Crippen LogP) is 10.8. The van der Waals surface area contributed by atoms with E-state index in [0.717, 1.165) is 27.9 Å². The van der Waals surface area contributed by atoms with Gasteiger partial charge in [-0.15, -0.1) is 0 Å². The van der Waals surface area contributed by atoms with Crippen LogP contribution in [0.15, 0.2) is 59.8 Å². The number of aromatic hydroxyl groups is 1. The van der Waals surface area contributed by atoms with E-state index in [-0.39, 0.29) is 56.2 Å². The molecule has 2 amide bonds. The molecule has 0 aromatic carbocycles. The van der Waals surface area contributed by atoms with Crippen molar-refractivity contribution in [3.05, 3.63) is 151 Å². The lowest BCUT2D eigenvalue weighted by Gasteiger charge is -2.02. The smallest absolute Gasteiger partial charge is 0.313 e. The molecular formula is C48H51Cl9N14O7. The number of nitrogens with zero attached hydrogens (tertiary/aromatic N) is 8. The number of carbonyl (C=O) groups excluding carboxylic acids is 4. The molecule has 0 atom stereocenters. The van der Waals surface area contributed by atoms with Crippen LogP contribution in [-0.4, -0.2) is 65.2 Å². The molecule has 78 heavy (non-hydrogen) atoms. The van der Waals surface area contributed by atoms with Gasteiger partial charge in [0, 0.05) is 46.4 Å². The van der Waals surface area contributed by atoms with Gasteiger partial charge in [0.2, 0.25) is 11.8 Å². The monoisotopic (exact) mass is 1250 g/mol. The summed E-state index contributed by atoms with van der Waals surface area (Å²) in [6.07, 6.45) is 4.73. The zero-order valence-electron chi connectivity index (χ0n) is 42.6. The highest BCUT2D eigenvalue weighted by Crippen LogP contribution is 2.24. The maximum absolute atomic E-state index is 10.8. The fraction of sp³-hybridized carbons (Fsp3) is 0.229. The lowest BCUT2D eigenvalue weighted by Crippen LogP contribution is -2.14. The number of primary amides is 2. The fourth-order valence-corrected chi connectivity index (χ4v) is 6.48. The summed E-state index contributed by atoms with van der Waals surface area (Å²) in [6, 6.07) is 15.1. The second-order valence-electron chi connectivity index (χ2n) is 14.5. The second-order valence-corrected chi connectivity index (χ2v) is 17.1. The molecule has 0 fully saturated rings. The highest BCUT2D eigenvalue weighted by molar-refractivity contribution is 6.85. The average molecular weight is 1260 g/mol. The van der Waals surface area contributed by atoms with Crippen molar-refractivity contribution in [1.82, 2.24) is 29.9 Å². The third-order valence-corrected chi connectivity index (χ3v) is 10.1. The quantitative estimate of drug-likeness (QED) is 0.0479. The standard InChI is InChI=1S/C7H6Cl2N2O.C7H4Cl2N2.C7H6N2O2.C6H6Cl2N2.C6H7ClN2.C6H8N2.C6H10O3.C3H4N2O.Cl2/c1-3-2-4(8)11-6(9)5(3)7(10)12;1-4-2-6(8)11-7(9)5(4)3-10;1-4-2-6(10)9-7(11)5(4)3-8;1-3-2-4(7)10-6(8)5(3)9;1-4-2-3-9-6(7)5(4)8;1-5-2-3-8-4-6(5)7;1-3-9-6(8)4-5(2)7;4-2-1-3(5)6;1-2/h2H,1H3,(H2,10,12);2H,1H3;2H,1H3,(H2,9,10,11);2H,9H2,1H3;2-3H,8H2,1H3;2-4H,7H2,1H3;3-4H2,1-2H3;1H2,(H2,5,6);. The first kappa shape index (κ1) is 75.3. The largest absolute Gasteiger partial charge is 0.494 e. The molecule has 0 aliphatic carbocycles. The summed E-state index contributed by atoms with van der Waals surface area (Å²) in [5.41, 5.74) is 32.9. The highest BCUT2D eigenvalue weighted by Gasteiger charge is 2.12. The van der Waals surface area contributed by atoms with Crippen LogP contribution in [0.2, 0.25) is 36.1 Å². The van der Waals surface area contributed by atoms with E-state index in [0.29, 0.717) is 50.1 Å². The maximum atomic E-state index is 10.8. The summed E-state index contributed by atoms with van der Waals surface area (Å²) < 4.78 is 4.49. The van der Waals surface area contributed by atoms with E-state index in [1.165, 1.54) is 19.1 Å². The molecule has 0 unspecified atom stereocenters. The summed E-state index contributed by atoms with van der Waals surface area (Å²) >= 11 is 39.2. The highest BCUT2D eigenvalue weighted by atomic mass is 36.5. The summed E-state index contributed by atoms with van der Waals surface area (Å²) in [5.74, 6) is -2.13. The van der Waals surface area contributed by atoms with Crippen molar-refractivity contribution in [1.29, 1.82) is 15.8 Å². The van der Waals surface area contributed by atoms with Crippen molar-refractivity contribution in [2.45, 2.75) is 68.2 Å². The van der Waals surface area contributed by atoms with E-state index >= 15 is 0 Å². The second kappa shape index (κ2) is 41.2. The number of halogens is 9. The number of ether oxygens (including phenoxy) is 1. The number of aromatic nitrogens is 6. The minimum atomic E-state index is -0.596. The minimum absolute atomic E-state index is 0.0486. The van der Waals surface area contributed by atoms with Crippen molar-refractivity contribution in [3.63, 3.8) is 0 Å². The first-order chi connectivity index (χ1) is 36.4. The Morgan fingerprint density at radius 2 is 1.14 bits per heavy atom. The normalized spacial score (nSPS) is 9.00. The van der Waals surface area contributed by atoms with Gasteiger partial charge in [0.05, 0.1) is 40.9 Å². The van der Waals surface area contributed by atoms with Crippen LogP contribution in [0.5, 0.6) is 5.88 Å². The number of aryl methyl sites for hydroxylation is 6. The number of nitrogens with one attached hydrogen (secondary N) is 1. The van der Waals surface area contributed by atoms with Crippen LogP contribution in [0.25, 0.3) is 0 Å². The summed E-state index contributed by atoms with van der Waals surface area (Å²) in [4.78, 5) is 72.5. The van der Waals surface area contributed by atoms with E-state index < -0.39 is 23.3 Å². The Morgan fingerprint density at radius 3 is 1.50 bits per heavy atom. The van der Waals surface area contributed by atoms with Crippen molar-refractivity contribution in [2.24, 2.45) is 11.5 Å². The molecule has 418 valence electrons. The molecule has 21 nitrogen and oxygen atoms in total. The van der Waals surface area contributed by atoms with Crippen LogP contribution >= 0.6 is 103 Å². The maximum Gasteiger partial charge on any atom is 0.313 e. The molecule has 0 radical (unpaired) electrons. The Balaban J connectivity index is -0.000000825. The van der Waals surface area contributed by atoms with Crippen LogP contribution in [0, 0.1) is 75.5 Å². The molecule has 6 rings (SSSR count). The molecule has 30 heteroatoms. The Kier molecular flexibility index (Phi) is 39.8. The molecular weight excluding hydrogens is 1200 g/mol. The van der Waals surface area contributed by atoms with Crippen molar-refractivity contribution < 1.29 is 29.0 Å². The van der Waals surface area contributed by atoms with Crippen LogP contribution in [0.4, 0.5) is 17.1 Å². The number of nitrogens with two attached hydrogens (primary N) is 5. The van der Waals surface area contributed by atoms with Gasteiger partial charge in [0.1, 0.15) is 62.1 Å². The SMILES string of the molecule is CCOC(=O)CC(C)=O.Cc1cc(=O)[nH]c(O)c1C#N.Cc1cc(Cl)nc(Cl)c1C#N.Cc1cc(Cl)nc(Cl)c1C(N)=O.Cc1cc(Cl)nc(Cl)c1N.Cc1ccnc(Cl)c1N.Cc1ccncc1N.ClCl.N#CCC(N)=O.